The molecule has 0 aromatic heterocycles. The van der Waals surface area contributed by atoms with Crippen molar-refractivity contribution < 1.29 is 4.79 Å². The molecule has 2 heteroatoms. The van der Waals surface area contributed by atoms with Crippen LogP contribution in [0.1, 0.15) is 13.8 Å². The predicted octanol–water partition coefficient (Wildman–Crippen LogP) is 1.24. The summed E-state index contributed by atoms with van der Waals surface area (Å²) < 4.78 is 0. The summed E-state index contributed by atoms with van der Waals surface area (Å²) in [4.78, 5) is 12.4. The topological polar surface area (TPSA) is 20.3 Å². The van der Waals surface area contributed by atoms with Crippen LogP contribution in [0.25, 0.3) is 0 Å². The summed E-state index contributed by atoms with van der Waals surface area (Å²) in [5, 5.41) is 0. The Bertz CT molecular complexity index is 118. The molecule has 0 heterocycles. The Labute approximate surface area is 56.2 Å². The van der Waals surface area contributed by atoms with Gasteiger partial charge >= 0.3 is 0 Å². The molecule has 9 heavy (non-hydrogen) atoms. The third kappa shape index (κ3) is 2.31. The molecular formula is C7H13NO. The minimum Gasteiger partial charge on any atom is -0.323 e. The average Bonchev–Trinajstić information content (AvgIpc) is 1.84. The van der Waals surface area contributed by atoms with Crippen molar-refractivity contribution in [1.29, 1.82) is 0 Å². The SMILES string of the molecule is C=CN(C)C(=O)C(C)C. The Hall–Kier alpha value is -0.790. The van der Waals surface area contributed by atoms with Gasteiger partial charge in [0.15, 0.2) is 0 Å². The fourth-order valence-corrected chi connectivity index (χ4v) is 0.497. The third-order valence-corrected chi connectivity index (χ3v) is 1.12. The van der Waals surface area contributed by atoms with Crippen molar-refractivity contribution in [3.8, 4) is 0 Å². The molecule has 0 N–H and O–H groups in total. The summed E-state index contributed by atoms with van der Waals surface area (Å²) in [6, 6.07) is 0. The lowest BCUT2D eigenvalue weighted by atomic mass is 10.2. The van der Waals surface area contributed by atoms with Crippen LogP contribution in [0.3, 0.4) is 0 Å². The number of hydrogen-bond donors (Lipinski definition) is 0. The van der Waals surface area contributed by atoms with Gasteiger partial charge in [-0.05, 0) is 6.20 Å². The van der Waals surface area contributed by atoms with Crippen molar-refractivity contribution >= 4 is 5.91 Å². The largest absolute Gasteiger partial charge is 0.323 e. The van der Waals surface area contributed by atoms with Crippen molar-refractivity contribution in [2.24, 2.45) is 5.92 Å². The van der Waals surface area contributed by atoms with Crippen LogP contribution in [-0.2, 0) is 4.79 Å². The normalized spacial score (nSPS) is 9.33. The van der Waals surface area contributed by atoms with Gasteiger partial charge in [0.1, 0.15) is 0 Å². The maximum Gasteiger partial charge on any atom is 0.228 e. The van der Waals surface area contributed by atoms with Gasteiger partial charge in [-0.3, -0.25) is 4.79 Å². The Morgan fingerprint density at radius 2 is 2.11 bits per heavy atom. The van der Waals surface area contributed by atoms with Crippen molar-refractivity contribution in [3.63, 3.8) is 0 Å². The molecule has 0 unspecified atom stereocenters. The second-order valence-electron chi connectivity index (χ2n) is 2.29. The van der Waals surface area contributed by atoms with Gasteiger partial charge in [0.05, 0.1) is 0 Å². The second-order valence-corrected chi connectivity index (χ2v) is 2.29. The molecule has 0 aliphatic heterocycles. The molecule has 2 nitrogen and oxygen atoms in total. The van der Waals surface area contributed by atoms with E-state index in [9.17, 15) is 4.79 Å². The van der Waals surface area contributed by atoms with E-state index in [1.54, 1.807) is 7.05 Å². The fourth-order valence-electron chi connectivity index (χ4n) is 0.497. The van der Waals surface area contributed by atoms with Crippen LogP contribution in [0.4, 0.5) is 0 Å². The Balaban J connectivity index is 3.87. The molecule has 0 aliphatic rings. The van der Waals surface area contributed by atoms with Crippen molar-refractivity contribution in [1.82, 2.24) is 4.90 Å². The molecular weight excluding hydrogens is 114 g/mol. The van der Waals surface area contributed by atoms with Gasteiger partial charge in [0.2, 0.25) is 5.91 Å². The number of nitrogens with zero attached hydrogens (tertiary/aromatic N) is 1. The van der Waals surface area contributed by atoms with E-state index >= 15 is 0 Å². The van der Waals surface area contributed by atoms with Crippen LogP contribution < -0.4 is 0 Å². The van der Waals surface area contributed by atoms with Crippen LogP contribution in [0, 0.1) is 5.92 Å². The number of carbonyl (C=O) groups excluding carboxylic acids is 1. The Morgan fingerprint density at radius 3 is 2.22 bits per heavy atom. The average molecular weight is 127 g/mol. The lowest BCUT2D eigenvalue weighted by Gasteiger charge is -2.12. The maximum absolute atomic E-state index is 10.9. The van der Waals surface area contributed by atoms with Gasteiger partial charge in [-0.2, -0.15) is 0 Å². The van der Waals surface area contributed by atoms with Gasteiger partial charge in [-0.1, -0.05) is 20.4 Å². The van der Waals surface area contributed by atoms with Crippen molar-refractivity contribution in [2.75, 3.05) is 7.05 Å². The second kappa shape index (κ2) is 3.28. The Kier molecular flexibility index (Phi) is 2.99. The monoisotopic (exact) mass is 127 g/mol. The Morgan fingerprint density at radius 1 is 1.67 bits per heavy atom. The zero-order valence-electron chi connectivity index (χ0n) is 6.22. The highest BCUT2D eigenvalue weighted by Crippen LogP contribution is 1.97. The van der Waals surface area contributed by atoms with Crippen LogP contribution >= 0.6 is 0 Å². The van der Waals surface area contributed by atoms with E-state index in [0.29, 0.717) is 0 Å². The van der Waals surface area contributed by atoms with Crippen LogP contribution in [-0.4, -0.2) is 17.9 Å². The fraction of sp³-hybridized carbons (Fsp3) is 0.571. The summed E-state index contributed by atoms with van der Waals surface area (Å²) in [5.74, 6) is 0.165. The van der Waals surface area contributed by atoms with Gasteiger partial charge in [0.25, 0.3) is 0 Å². The molecule has 0 aromatic rings. The highest BCUT2D eigenvalue weighted by molar-refractivity contribution is 5.78. The number of rotatable bonds is 2. The smallest absolute Gasteiger partial charge is 0.228 e. The van der Waals surface area contributed by atoms with Crippen molar-refractivity contribution in [2.45, 2.75) is 13.8 Å². The molecule has 0 spiro atoms. The minimum atomic E-state index is 0.0630. The molecule has 1 amide bonds. The van der Waals surface area contributed by atoms with Crippen LogP contribution in [0.2, 0.25) is 0 Å². The highest BCUT2D eigenvalue weighted by Gasteiger charge is 2.08. The zero-order chi connectivity index (χ0) is 7.44. The molecule has 0 saturated carbocycles. The molecule has 0 radical (unpaired) electrons. The first-order valence-corrected chi connectivity index (χ1v) is 2.98. The summed E-state index contributed by atoms with van der Waals surface area (Å²) in [5.41, 5.74) is 0. The summed E-state index contributed by atoms with van der Waals surface area (Å²) in [6.45, 7) is 7.20. The lowest BCUT2D eigenvalue weighted by Crippen LogP contribution is -2.24. The number of carbonyl (C=O) groups is 1. The highest BCUT2D eigenvalue weighted by atomic mass is 16.2. The number of amides is 1. The van der Waals surface area contributed by atoms with E-state index in [1.807, 2.05) is 13.8 Å². The molecule has 0 bridgehead atoms. The standard InChI is InChI=1S/C7H13NO/c1-5-8(4)7(9)6(2)3/h5-6H,1H2,2-4H3. The molecule has 0 aliphatic carbocycles. The van der Waals surface area contributed by atoms with Gasteiger partial charge in [0, 0.05) is 13.0 Å². The lowest BCUT2D eigenvalue weighted by molar-refractivity contribution is -0.130. The number of hydrogen-bond acceptors (Lipinski definition) is 1. The van der Waals surface area contributed by atoms with Crippen molar-refractivity contribution in [3.05, 3.63) is 12.8 Å². The van der Waals surface area contributed by atoms with Crippen LogP contribution in [0.15, 0.2) is 12.8 Å². The molecule has 0 atom stereocenters. The molecule has 52 valence electrons. The predicted molar refractivity (Wildman–Crippen MR) is 37.8 cm³/mol. The summed E-state index contributed by atoms with van der Waals surface area (Å²) in [6.07, 6.45) is 1.52. The molecule has 0 rings (SSSR count). The van der Waals surface area contributed by atoms with Gasteiger partial charge in [-0.15, -0.1) is 0 Å². The summed E-state index contributed by atoms with van der Waals surface area (Å²) >= 11 is 0. The molecule has 0 fully saturated rings. The third-order valence-electron chi connectivity index (χ3n) is 1.12. The summed E-state index contributed by atoms with van der Waals surface area (Å²) in [7, 11) is 1.70. The first-order chi connectivity index (χ1) is 4.09. The first kappa shape index (κ1) is 8.21. The van der Waals surface area contributed by atoms with E-state index in [0.717, 1.165) is 0 Å². The van der Waals surface area contributed by atoms with E-state index in [1.165, 1.54) is 11.1 Å². The van der Waals surface area contributed by atoms with Gasteiger partial charge in [-0.25, -0.2) is 0 Å². The molecule has 0 saturated heterocycles. The zero-order valence-corrected chi connectivity index (χ0v) is 6.22. The van der Waals surface area contributed by atoms with E-state index in [4.69, 9.17) is 0 Å². The maximum atomic E-state index is 10.9. The van der Waals surface area contributed by atoms with Gasteiger partial charge < -0.3 is 4.90 Å². The minimum absolute atomic E-state index is 0.0630. The first-order valence-electron chi connectivity index (χ1n) is 2.98. The quantitative estimate of drug-likeness (QED) is 0.546. The van der Waals surface area contributed by atoms with E-state index < -0.39 is 0 Å². The van der Waals surface area contributed by atoms with Crippen LogP contribution in [0.5, 0.6) is 0 Å². The van der Waals surface area contributed by atoms with E-state index in [2.05, 4.69) is 6.58 Å². The van der Waals surface area contributed by atoms with E-state index in [-0.39, 0.29) is 11.8 Å². The molecule has 0 aromatic carbocycles.